The molecule has 0 spiro atoms. The van der Waals surface area contributed by atoms with Gasteiger partial charge in [-0.2, -0.15) is 0 Å². The number of hydrogen-bond acceptors (Lipinski definition) is 5. The summed E-state index contributed by atoms with van der Waals surface area (Å²) in [7, 11) is -3.83. The fraction of sp³-hybridized carbons (Fsp3) is 0. The van der Waals surface area contributed by atoms with Crippen LogP contribution in [0.5, 0.6) is 0 Å². The van der Waals surface area contributed by atoms with E-state index in [4.69, 9.17) is 11.6 Å². The minimum atomic E-state index is -3.83. The molecule has 0 bridgehead atoms. The second kappa shape index (κ2) is 9.41. The number of nitrogens with one attached hydrogen (secondary N) is 2. The van der Waals surface area contributed by atoms with Crippen LogP contribution in [0, 0.1) is 10.1 Å². The number of sulfonamides is 1. The highest BCUT2D eigenvalue weighted by Gasteiger charge is 2.15. The van der Waals surface area contributed by atoms with Gasteiger partial charge in [0.2, 0.25) is 5.91 Å². The molecule has 0 aromatic heterocycles. The summed E-state index contributed by atoms with van der Waals surface area (Å²) in [6, 6.07) is 17.9. The monoisotopic (exact) mass is 457 g/mol. The fourth-order valence-electron chi connectivity index (χ4n) is 2.56. The van der Waals surface area contributed by atoms with Gasteiger partial charge in [-0.3, -0.25) is 19.6 Å². The number of para-hydroxylation sites is 1. The maximum absolute atomic E-state index is 12.5. The van der Waals surface area contributed by atoms with Gasteiger partial charge in [-0.1, -0.05) is 41.9 Å². The Morgan fingerprint density at radius 1 is 1.00 bits per heavy atom. The molecule has 0 unspecified atom stereocenters. The molecule has 3 rings (SSSR count). The van der Waals surface area contributed by atoms with Crippen molar-refractivity contribution in [2.75, 3.05) is 10.0 Å². The quantitative estimate of drug-likeness (QED) is 0.303. The van der Waals surface area contributed by atoms with Gasteiger partial charge in [0, 0.05) is 23.9 Å². The number of amides is 1. The van der Waals surface area contributed by atoms with Gasteiger partial charge in [-0.25, -0.2) is 8.42 Å². The second-order valence-electron chi connectivity index (χ2n) is 6.28. The Kier molecular flexibility index (Phi) is 6.68. The van der Waals surface area contributed by atoms with Gasteiger partial charge < -0.3 is 5.32 Å². The minimum Gasteiger partial charge on any atom is -0.322 e. The maximum Gasteiger partial charge on any atom is 0.271 e. The van der Waals surface area contributed by atoms with Crippen LogP contribution in [0.2, 0.25) is 5.02 Å². The van der Waals surface area contributed by atoms with Crippen LogP contribution in [0.1, 0.15) is 5.56 Å². The molecule has 10 heteroatoms. The van der Waals surface area contributed by atoms with E-state index in [-0.39, 0.29) is 27.0 Å². The summed E-state index contributed by atoms with van der Waals surface area (Å²) >= 11 is 5.99. The predicted molar refractivity (Wildman–Crippen MR) is 119 cm³/mol. The Bertz CT molecular complexity index is 1260. The zero-order valence-corrected chi connectivity index (χ0v) is 17.4. The van der Waals surface area contributed by atoms with Crippen LogP contribution < -0.4 is 10.0 Å². The van der Waals surface area contributed by atoms with E-state index < -0.39 is 20.9 Å². The van der Waals surface area contributed by atoms with Gasteiger partial charge in [-0.05, 0) is 42.0 Å². The van der Waals surface area contributed by atoms with Crippen molar-refractivity contribution in [1.82, 2.24) is 0 Å². The molecule has 0 heterocycles. The van der Waals surface area contributed by atoms with Gasteiger partial charge in [0.25, 0.3) is 15.7 Å². The third-order valence-corrected chi connectivity index (χ3v) is 5.77. The molecular weight excluding hydrogens is 442 g/mol. The number of halogens is 1. The maximum atomic E-state index is 12.5. The Morgan fingerprint density at radius 3 is 2.39 bits per heavy atom. The molecule has 0 aliphatic heterocycles. The molecule has 31 heavy (non-hydrogen) atoms. The second-order valence-corrected chi connectivity index (χ2v) is 8.37. The highest BCUT2D eigenvalue weighted by molar-refractivity contribution is 7.92. The highest BCUT2D eigenvalue weighted by Crippen LogP contribution is 2.24. The van der Waals surface area contributed by atoms with Crippen LogP contribution in [0.25, 0.3) is 6.08 Å². The normalized spacial score (nSPS) is 11.3. The summed E-state index contributed by atoms with van der Waals surface area (Å²) in [5.41, 5.74) is 1.01. The van der Waals surface area contributed by atoms with E-state index in [0.717, 1.165) is 0 Å². The molecule has 0 saturated heterocycles. The van der Waals surface area contributed by atoms with E-state index in [1.54, 1.807) is 24.3 Å². The number of benzene rings is 3. The molecule has 1 amide bonds. The van der Waals surface area contributed by atoms with E-state index in [2.05, 4.69) is 10.0 Å². The van der Waals surface area contributed by atoms with Crippen LogP contribution in [-0.4, -0.2) is 19.2 Å². The van der Waals surface area contributed by atoms with Crippen LogP contribution in [-0.2, 0) is 14.8 Å². The first kappa shape index (κ1) is 22.0. The van der Waals surface area contributed by atoms with E-state index in [0.29, 0.717) is 5.56 Å². The van der Waals surface area contributed by atoms with Crippen molar-refractivity contribution in [3.63, 3.8) is 0 Å². The number of carbonyl (C=O) groups excluding carboxylic acids is 1. The van der Waals surface area contributed by atoms with E-state index >= 15 is 0 Å². The zero-order chi connectivity index (χ0) is 22.4. The largest absolute Gasteiger partial charge is 0.322 e. The van der Waals surface area contributed by atoms with Crippen molar-refractivity contribution >= 4 is 50.7 Å². The average Bonchev–Trinajstić information content (AvgIpc) is 2.74. The van der Waals surface area contributed by atoms with E-state index in [1.165, 1.54) is 60.7 Å². The Balaban J connectivity index is 1.66. The topological polar surface area (TPSA) is 118 Å². The van der Waals surface area contributed by atoms with Crippen LogP contribution in [0.15, 0.2) is 83.8 Å². The smallest absolute Gasteiger partial charge is 0.271 e. The SMILES string of the molecule is O=C(/C=C/c1ccc(S(=O)(=O)Nc2ccccc2Cl)cc1)Nc1cccc([N+](=O)[O-])c1. The van der Waals surface area contributed by atoms with Crippen LogP contribution in [0.4, 0.5) is 17.1 Å². The van der Waals surface area contributed by atoms with E-state index in [1.807, 2.05) is 0 Å². The molecule has 158 valence electrons. The predicted octanol–water partition coefficient (Wildman–Crippen LogP) is 4.70. The van der Waals surface area contributed by atoms with Crippen molar-refractivity contribution in [2.24, 2.45) is 0 Å². The Labute approximate surface area is 183 Å². The third kappa shape index (κ3) is 5.91. The van der Waals surface area contributed by atoms with Crippen molar-refractivity contribution in [3.05, 3.63) is 99.6 Å². The molecule has 8 nitrogen and oxygen atoms in total. The van der Waals surface area contributed by atoms with Crippen molar-refractivity contribution < 1.29 is 18.1 Å². The molecule has 0 aliphatic carbocycles. The van der Waals surface area contributed by atoms with E-state index in [9.17, 15) is 23.3 Å². The Morgan fingerprint density at radius 2 is 1.71 bits per heavy atom. The lowest BCUT2D eigenvalue weighted by Crippen LogP contribution is -2.13. The van der Waals surface area contributed by atoms with Crippen molar-refractivity contribution in [1.29, 1.82) is 0 Å². The molecule has 3 aromatic carbocycles. The summed E-state index contributed by atoms with van der Waals surface area (Å²) < 4.78 is 27.4. The summed E-state index contributed by atoms with van der Waals surface area (Å²) in [6.45, 7) is 0. The van der Waals surface area contributed by atoms with Gasteiger partial charge in [0.1, 0.15) is 0 Å². The zero-order valence-electron chi connectivity index (χ0n) is 15.9. The number of nitrogens with zero attached hydrogens (tertiary/aromatic N) is 1. The Hall–Kier alpha value is -3.69. The summed E-state index contributed by atoms with van der Waals surface area (Å²) in [4.78, 5) is 22.3. The number of nitro benzene ring substituents is 1. The van der Waals surface area contributed by atoms with Gasteiger partial charge in [0.05, 0.1) is 20.5 Å². The van der Waals surface area contributed by atoms with Crippen LogP contribution in [0.3, 0.4) is 0 Å². The van der Waals surface area contributed by atoms with Crippen LogP contribution >= 0.6 is 11.6 Å². The standard InChI is InChI=1S/C21H16ClN3O5S/c22-19-6-1-2-7-20(19)24-31(29,30)18-11-8-15(9-12-18)10-13-21(26)23-16-4-3-5-17(14-16)25(27)28/h1-14,24H,(H,23,26)/b13-10+. The number of hydrogen-bond donors (Lipinski definition) is 2. The lowest BCUT2D eigenvalue weighted by Gasteiger charge is -2.09. The molecule has 0 saturated carbocycles. The molecule has 0 aliphatic rings. The molecule has 0 fully saturated rings. The summed E-state index contributed by atoms with van der Waals surface area (Å²) in [5, 5.41) is 13.6. The summed E-state index contributed by atoms with van der Waals surface area (Å²) in [5.74, 6) is -0.488. The van der Waals surface area contributed by atoms with Gasteiger partial charge in [0.15, 0.2) is 0 Å². The summed E-state index contributed by atoms with van der Waals surface area (Å²) in [6.07, 6.45) is 2.73. The lowest BCUT2D eigenvalue weighted by atomic mass is 10.2. The van der Waals surface area contributed by atoms with Crippen molar-refractivity contribution in [2.45, 2.75) is 4.90 Å². The first-order chi connectivity index (χ1) is 14.7. The van der Waals surface area contributed by atoms with Gasteiger partial charge in [-0.15, -0.1) is 0 Å². The molecule has 0 radical (unpaired) electrons. The first-order valence-corrected chi connectivity index (χ1v) is 10.7. The highest BCUT2D eigenvalue weighted by atomic mass is 35.5. The molecule has 3 aromatic rings. The van der Waals surface area contributed by atoms with Gasteiger partial charge >= 0.3 is 0 Å². The first-order valence-electron chi connectivity index (χ1n) is 8.85. The third-order valence-electron chi connectivity index (χ3n) is 4.06. The molecule has 0 atom stereocenters. The number of anilines is 2. The molecule has 2 N–H and O–H groups in total. The fourth-order valence-corrected chi connectivity index (χ4v) is 3.88. The average molecular weight is 458 g/mol. The number of non-ortho nitro benzene ring substituents is 1. The number of nitro groups is 1. The van der Waals surface area contributed by atoms with Crippen molar-refractivity contribution in [3.8, 4) is 0 Å². The number of carbonyl (C=O) groups is 1. The molecular formula is C21H16ClN3O5S. The lowest BCUT2D eigenvalue weighted by molar-refractivity contribution is -0.384. The number of rotatable bonds is 7. The minimum absolute atomic E-state index is 0.0330.